The lowest BCUT2D eigenvalue weighted by atomic mass is 9.96. The molecule has 1 aromatic rings. The Balaban J connectivity index is 1.84. The Kier molecular flexibility index (Phi) is 5.28. The zero-order chi connectivity index (χ0) is 16.2. The molecule has 0 heterocycles. The lowest BCUT2D eigenvalue weighted by Crippen LogP contribution is -2.28. The average molecular weight is 317 g/mol. The predicted octanol–water partition coefficient (Wildman–Crippen LogP) is 3.18. The van der Waals surface area contributed by atoms with Crippen LogP contribution in [0.4, 0.5) is 13.2 Å². The summed E-state index contributed by atoms with van der Waals surface area (Å²) in [6.07, 6.45) is -2.25. The van der Waals surface area contributed by atoms with Crippen molar-refractivity contribution in [3.63, 3.8) is 0 Å². The Bertz CT molecular complexity index is 519. The van der Waals surface area contributed by atoms with Crippen LogP contribution in [-0.4, -0.2) is 24.0 Å². The molecule has 0 spiro atoms. The lowest BCUT2D eigenvalue weighted by Gasteiger charge is -2.16. The fourth-order valence-corrected chi connectivity index (χ4v) is 2.86. The minimum absolute atomic E-state index is 0.0760. The largest absolute Gasteiger partial charge is 0.573 e. The van der Waals surface area contributed by atoms with Crippen molar-refractivity contribution in [1.82, 2.24) is 5.32 Å². The zero-order valence-corrected chi connectivity index (χ0v) is 11.9. The number of carboxylic acids is 1. The van der Waals surface area contributed by atoms with Crippen LogP contribution in [0.15, 0.2) is 24.3 Å². The molecule has 0 saturated heterocycles. The molecule has 1 aromatic carbocycles. The van der Waals surface area contributed by atoms with Gasteiger partial charge in [0.05, 0.1) is 5.92 Å². The molecule has 7 heteroatoms. The van der Waals surface area contributed by atoms with E-state index in [9.17, 15) is 18.0 Å². The number of carboxylic acid groups (broad SMARTS) is 1. The molecule has 2 rings (SSSR count). The van der Waals surface area contributed by atoms with Gasteiger partial charge in [-0.1, -0.05) is 18.6 Å². The van der Waals surface area contributed by atoms with Gasteiger partial charge in [0.25, 0.3) is 0 Å². The van der Waals surface area contributed by atoms with E-state index >= 15 is 0 Å². The van der Waals surface area contributed by atoms with E-state index in [1.165, 1.54) is 18.2 Å². The Labute approximate surface area is 126 Å². The molecule has 0 amide bonds. The Hall–Kier alpha value is -1.76. The van der Waals surface area contributed by atoms with Crippen LogP contribution < -0.4 is 10.1 Å². The third-order valence-electron chi connectivity index (χ3n) is 3.84. The second kappa shape index (κ2) is 7.00. The lowest BCUT2D eigenvalue weighted by molar-refractivity contribution is -0.274. The number of rotatable bonds is 6. The predicted molar refractivity (Wildman–Crippen MR) is 73.3 cm³/mol. The number of aliphatic carboxylic acids is 1. The van der Waals surface area contributed by atoms with Crippen LogP contribution in [0, 0.1) is 11.8 Å². The van der Waals surface area contributed by atoms with Crippen molar-refractivity contribution in [3.8, 4) is 5.75 Å². The summed E-state index contributed by atoms with van der Waals surface area (Å²) >= 11 is 0. The number of carbonyl (C=O) groups is 1. The maximum Gasteiger partial charge on any atom is 0.573 e. The monoisotopic (exact) mass is 317 g/mol. The molecule has 0 unspecified atom stereocenters. The quantitative estimate of drug-likeness (QED) is 0.846. The molecule has 4 nitrogen and oxygen atoms in total. The Morgan fingerprint density at radius 2 is 2.14 bits per heavy atom. The van der Waals surface area contributed by atoms with Gasteiger partial charge in [-0.25, -0.2) is 0 Å². The molecule has 2 N–H and O–H groups in total. The highest BCUT2D eigenvalue weighted by molar-refractivity contribution is 5.70. The van der Waals surface area contributed by atoms with E-state index in [0.29, 0.717) is 25.1 Å². The van der Waals surface area contributed by atoms with Crippen LogP contribution in [0.2, 0.25) is 0 Å². The molecular weight excluding hydrogens is 299 g/mol. The van der Waals surface area contributed by atoms with Gasteiger partial charge in [-0.2, -0.15) is 0 Å². The van der Waals surface area contributed by atoms with Gasteiger partial charge in [0.1, 0.15) is 5.75 Å². The number of benzene rings is 1. The van der Waals surface area contributed by atoms with Crippen molar-refractivity contribution in [2.75, 3.05) is 6.54 Å². The van der Waals surface area contributed by atoms with Crippen molar-refractivity contribution in [1.29, 1.82) is 0 Å². The number of hydrogen-bond acceptors (Lipinski definition) is 3. The molecule has 0 bridgehead atoms. The minimum Gasteiger partial charge on any atom is -0.481 e. The van der Waals surface area contributed by atoms with Crippen LogP contribution in [0.5, 0.6) is 5.75 Å². The van der Waals surface area contributed by atoms with E-state index in [0.717, 1.165) is 12.8 Å². The number of alkyl halides is 3. The fourth-order valence-electron chi connectivity index (χ4n) is 2.86. The second-order valence-corrected chi connectivity index (χ2v) is 5.46. The highest BCUT2D eigenvalue weighted by Crippen LogP contribution is 2.31. The maximum absolute atomic E-state index is 12.2. The van der Waals surface area contributed by atoms with Crippen molar-refractivity contribution < 1.29 is 27.8 Å². The molecule has 1 aliphatic rings. The summed E-state index contributed by atoms with van der Waals surface area (Å²) in [7, 11) is 0. The molecule has 1 aliphatic carbocycles. The number of halogens is 3. The third-order valence-corrected chi connectivity index (χ3v) is 3.84. The standard InChI is InChI=1S/C15H18F3NO3/c16-15(17,18)22-12-5-1-3-10(7-12)8-19-9-11-4-2-6-13(11)14(20)21/h1,3,5,7,11,13,19H,2,4,6,8-9H2,(H,20,21)/t11-,13-/m1/s1. The van der Waals surface area contributed by atoms with Gasteiger partial charge in [-0.05, 0) is 43.0 Å². The summed E-state index contributed by atoms with van der Waals surface area (Å²) < 4.78 is 40.3. The smallest absolute Gasteiger partial charge is 0.481 e. The summed E-state index contributed by atoms with van der Waals surface area (Å²) in [4.78, 5) is 11.1. The van der Waals surface area contributed by atoms with Crippen molar-refractivity contribution in [2.45, 2.75) is 32.2 Å². The van der Waals surface area contributed by atoms with Crippen molar-refractivity contribution in [2.24, 2.45) is 11.8 Å². The summed E-state index contributed by atoms with van der Waals surface area (Å²) in [6.45, 7) is 0.916. The van der Waals surface area contributed by atoms with E-state index < -0.39 is 12.3 Å². The molecule has 122 valence electrons. The first-order chi connectivity index (χ1) is 10.3. The van der Waals surface area contributed by atoms with Gasteiger partial charge >= 0.3 is 12.3 Å². The van der Waals surface area contributed by atoms with Crippen LogP contribution in [0.3, 0.4) is 0 Å². The third kappa shape index (κ3) is 4.91. The minimum atomic E-state index is -4.70. The highest BCUT2D eigenvalue weighted by Gasteiger charge is 2.32. The maximum atomic E-state index is 12.2. The van der Waals surface area contributed by atoms with Gasteiger partial charge in [-0.15, -0.1) is 13.2 Å². The summed E-state index contributed by atoms with van der Waals surface area (Å²) in [5.74, 6) is -1.28. The van der Waals surface area contributed by atoms with E-state index in [2.05, 4.69) is 10.1 Å². The first-order valence-electron chi connectivity index (χ1n) is 7.13. The van der Waals surface area contributed by atoms with Crippen LogP contribution in [0.25, 0.3) is 0 Å². The topological polar surface area (TPSA) is 58.6 Å². The first kappa shape index (κ1) is 16.6. The Morgan fingerprint density at radius 1 is 1.36 bits per heavy atom. The molecular formula is C15H18F3NO3. The van der Waals surface area contributed by atoms with E-state index in [-0.39, 0.29) is 17.6 Å². The average Bonchev–Trinajstić information content (AvgIpc) is 2.85. The molecule has 0 aromatic heterocycles. The van der Waals surface area contributed by atoms with Gasteiger partial charge in [0.2, 0.25) is 0 Å². The fraction of sp³-hybridized carbons (Fsp3) is 0.533. The van der Waals surface area contributed by atoms with Crippen LogP contribution in [-0.2, 0) is 11.3 Å². The van der Waals surface area contributed by atoms with Crippen LogP contribution >= 0.6 is 0 Å². The van der Waals surface area contributed by atoms with E-state index in [1.54, 1.807) is 6.07 Å². The van der Waals surface area contributed by atoms with Gasteiger partial charge in [0, 0.05) is 6.54 Å². The van der Waals surface area contributed by atoms with Crippen LogP contribution in [0.1, 0.15) is 24.8 Å². The zero-order valence-electron chi connectivity index (χ0n) is 11.9. The molecule has 0 aliphatic heterocycles. The Morgan fingerprint density at radius 3 is 2.82 bits per heavy atom. The normalized spacial score (nSPS) is 21.8. The first-order valence-corrected chi connectivity index (χ1v) is 7.13. The SMILES string of the molecule is O=C(O)[C@@H]1CCC[C@@H]1CNCc1cccc(OC(F)(F)F)c1. The van der Waals surface area contributed by atoms with Crippen molar-refractivity contribution >= 4 is 5.97 Å². The molecule has 2 atom stereocenters. The number of ether oxygens (including phenoxy) is 1. The van der Waals surface area contributed by atoms with E-state index in [1.807, 2.05) is 0 Å². The summed E-state index contributed by atoms with van der Waals surface area (Å²) in [5.41, 5.74) is 0.659. The molecule has 1 fully saturated rings. The van der Waals surface area contributed by atoms with Crippen molar-refractivity contribution in [3.05, 3.63) is 29.8 Å². The van der Waals surface area contributed by atoms with E-state index in [4.69, 9.17) is 5.11 Å². The molecule has 22 heavy (non-hydrogen) atoms. The highest BCUT2D eigenvalue weighted by atomic mass is 19.4. The second-order valence-electron chi connectivity index (χ2n) is 5.46. The summed E-state index contributed by atoms with van der Waals surface area (Å²) in [5, 5.41) is 12.2. The summed E-state index contributed by atoms with van der Waals surface area (Å²) in [6, 6.07) is 5.76. The van der Waals surface area contributed by atoms with Gasteiger partial charge < -0.3 is 15.2 Å². The number of hydrogen-bond donors (Lipinski definition) is 2. The number of nitrogens with one attached hydrogen (secondary N) is 1. The van der Waals surface area contributed by atoms with Gasteiger partial charge in [0.15, 0.2) is 0 Å². The molecule has 0 radical (unpaired) electrons. The molecule has 1 saturated carbocycles. The van der Waals surface area contributed by atoms with Gasteiger partial charge in [-0.3, -0.25) is 4.79 Å².